The third kappa shape index (κ3) is 21.0. The van der Waals surface area contributed by atoms with Crippen molar-refractivity contribution in [3.05, 3.63) is 30.1 Å². The lowest BCUT2D eigenvalue weighted by Gasteiger charge is -2.05. The normalized spacial score (nSPS) is 11.4. The first kappa shape index (κ1) is 32.2. The molecule has 0 atom stereocenters. The number of aromatic nitrogens is 1. The molecule has 0 aliphatic rings. The average molecular weight is 487 g/mol. The minimum Gasteiger partial charge on any atom is -0.202 e. The smallest absolute Gasteiger partial charge is 0.181 e. The van der Waals surface area contributed by atoms with Gasteiger partial charge in [0.15, 0.2) is 11.9 Å². The van der Waals surface area contributed by atoms with Crippen LogP contribution in [0.5, 0.6) is 0 Å². The fourth-order valence-corrected chi connectivity index (χ4v) is 5.40. The number of rotatable bonds is 27. The predicted octanol–water partition coefficient (Wildman–Crippen LogP) is 11.3. The van der Waals surface area contributed by atoms with Gasteiger partial charge < -0.3 is 0 Å². The maximum absolute atomic E-state index is 2.53. The van der Waals surface area contributed by atoms with E-state index < -0.39 is 0 Å². The van der Waals surface area contributed by atoms with Crippen LogP contribution in [0.2, 0.25) is 0 Å². The van der Waals surface area contributed by atoms with E-state index in [0.717, 1.165) is 0 Å². The summed E-state index contributed by atoms with van der Waals surface area (Å²) in [6.07, 6.45) is 39.5. The molecule has 0 saturated carbocycles. The van der Waals surface area contributed by atoms with Crippen LogP contribution in [0.15, 0.2) is 24.4 Å². The van der Waals surface area contributed by atoms with Gasteiger partial charge in [-0.3, -0.25) is 0 Å². The lowest BCUT2D eigenvalue weighted by Crippen LogP contribution is -2.37. The van der Waals surface area contributed by atoms with E-state index in [9.17, 15) is 0 Å². The van der Waals surface area contributed by atoms with Crippen molar-refractivity contribution >= 4 is 0 Å². The summed E-state index contributed by atoms with van der Waals surface area (Å²) in [5.41, 5.74) is 1.55. The van der Waals surface area contributed by atoms with Gasteiger partial charge in [-0.25, -0.2) is 4.57 Å². The lowest BCUT2D eigenvalue weighted by atomic mass is 10.0. The molecule has 1 nitrogen and oxygen atoms in total. The van der Waals surface area contributed by atoms with Crippen LogP contribution in [-0.4, -0.2) is 0 Å². The molecule has 0 aromatic carbocycles. The molecule has 0 aliphatic heterocycles. The monoisotopic (exact) mass is 487 g/mol. The highest BCUT2D eigenvalue weighted by atomic mass is 14.9. The minimum atomic E-state index is 1.21. The average Bonchev–Trinajstić information content (AvgIpc) is 2.88. The summed E-state index contributed by atoms with van der Waals surface area (Å²) in [6.45, 7) is 5.82. The maximum Gasteiger partial charge on any atom is 0.181 e. The Morgan fingerprint density at radius 1 is 0.429 bits per heavy atom. The molecule has 0 fully saturated rings. The Morgan fingerprint density at radius 2 is 0.800 bits per heavy atom. The summed E-state index contributed by atoms with van der Waals surface area (Å²) in [5.74, 6) is 0. The van der Waals surface area contributed by atoms with Gasteiger partial charge in [-0.15, -0.1) is 0 Å². The first-order valence-electron chi connectivity index (χ1n) is 16.4. The molecule has 1 heterocycles. The zero-order chi connectivity index (χ0) is 25.1. The van der Waals surface area contributed by atoms with Gasteiger partial charge in [-0.1, -0.05) is 161 Å². The molecule has 0 aliphatic carbocycles. The van der Waals surface area contributed by atoms with E-state index in [0.29, 0.717) is 0 Å². The van der Waals surface area contributed by atoms with E-state index in [4.69, 9.17) is 0 Å². The van der Waals surface area contributed by atoms with Gasteiger partial charge in [0, 0.05) is 25.0 Å². The molecule has 0 N–H and O–H groups in total. The van der Waals surface area contributed by atoms with Crippen LogP contribution < -0.4 is 4.57 Å². The summed E-state index contributed by atoms with van der Waals surface area (Å²) in [5, 5.41) is 0. The Morgan fingerprint density at radius 3 is 1.23 bits per heavy atom. The van der Waals surface area contributed by atoms with Crippen molar-refractivity contribution in [3.63, 3.8) is 0 Å². The lowest BCUT2D eigenvalue weighted by molar-refractivity contribution is -0.704. The fourth-order valence-electron chi connectivity index (χ4n) is 5.40. The van der Waals surface area contributed by atoms with Crippen LogP contribution in [0.1, 0.15) is 180 Å². The number of hydrogen-bond acceptors (Lipinski definition) is 0. The second kappa shape index (κ2) is 26.2. The molecule has 0 unspecified atom stereocenters. The second-order valence-electron chi connectivity index (χ2n) is 11.3. The molecular formula is C34H64N+. The summed E-state index contributed by atoms with van der Waals surface area (Å²) in [4.78, 5) is 0. The van der Waals surface area contributed by atoms with E-state index in [1.165, 1.54) is 173 Å². The van der Waals surface area contributed by atoms with Crippen LogP contribution in [0.4, 0.5) is 0 Å². The van der Waals surface area contributed by atoms with Gasteiger partial charge in [-0.2, -0.15) is 0 Å². The Kier molecular flexibility index (Phi) is 24.1. The molecule has 0 saturated heterocycles. The van der Waals surface area contributed by atoms with Crippen LogP contribution >= 0.6 is 0 Å². The number of unbranched alkanes of at least 4 members (excludes halogenated alkanes) is 23. The zero-order valence-corrected chi connectivity index (χ0v) is 24.3. The van der Waals surface area contributed by atoms with E-state index in [-0.39, 0.29) is 0 Å². The molecule has 35 heavy (non-hydrogen) atoms. The molecule has 204 valence electrons. The molecule has 0 radical (unpaired) electrons. The quantitative estimate of drug-likeness (QED) is 0.0859. The van der Waals surface area contributed by atoms with Crippen molar-refractivity contribution in [3.8, 4) is 0 Å². The van der Waals surface area contributed by atoms with Gasteiger partial charge in [-0.05, 0) is 12.8 Å². The van der Waals surface area contributed by atoms with Gasteiger partial charge >= 0.3 is 0 Å². The third-order valence-corrected chi connectivity index (χ3v) is 7.82. The summed E-state index contributed by atoms with van der Waals surface area (Å²) >= 11 is 0. The zero-order valence-electron chi connectivity index (χ0n) is 24.3. The van der Waals surface area contributed by atoms with Crippen molar-refractivity contribution in [2.75, 3.05) is 0 Å². The van der Waals surface area contributed by atoms with Crippen molar-refractivity contribution in [2.45, 2.75) is 187 Å². The molecule has 1 aromatic heterocycles. The first-order chi connectivity index (χ1) is 17.4. The van der Waals surface area contributed by atoms with Crippen molar-refractivity contribution in [2.24, 2.45) is 0 Å². The minimum absolute atomic E-state index is 1.21. The predicted molar refractivity (Wildman–Crippen MR) is 157 cm³/mol. The standard InChI is InChI=1S/C34H64N/c1-3-5-7-9-11-13-14-15-16-17-18-19-20-22-24-26-30-34-31-27-29-33-35(34)32-28-25-23-21-12-10-8-6-4-2/h27,29,31,33H,3-26,28,30,32H2,1-2H3/q+1. The second-order valence-corrected chi connectivity index (χ2v) is 11.3. The van der Waals surface area contributed by atoms with Gasteiger partial charge in [0.1, 0.15) is 6.54 Å². The van der Waals surface area contributed by atoms with Crippen LogP contribution in [0, 0.1) is 0 Å². The molecule has 0 amide bonds. The molecular weight excluding hydrogens is 422 g/mol. The van der Waals surface area contributed by atoms with E-state index in [1.54, 1.807) is 5.69 Å². The topological polar surface area (TPSA) is 3.88 Å². The largest absolute Gasteiger partial charge is 0.202 e. The van der Waals surface area contributed by atoms with Crippen molar-refractivity contribution in [1.82, 2.24) is 0 Å². The molecule has 1 aromatic rings. The fraction of sp³-hybridized carbons (Fsp3) is 0.853. The number of hydrogen-bond donors (Lipinski definition) is 0. The number of nitrogens with zero attached hydrogens (tertiary/aromatic N) is 1. The third-order valence-electron chi connectivity index (χ3n) is 7.82. The van der Waals surface area contributed by atoms with Gasteiger partial charge in [0.2, 0.25) is 0 Å². The van der Waals surface area contributed by atoms with E-state index in [2.05, 4.69) is 42.8 Å². The Bertz CT molecular complexity index is 537. The van der Waals surface area contributed by atoms with E-state index >= 15 is 0 Å². The van der Waals surface area contributed by atoms with Crippen molar-refractivity contribution < 1.29 is 4.57 Å². The first-order valence-corrected chi connectivity index (χ1v) is 16.4. The summed E-state index contributed by atoms with van der Waals surface area (Å²) in [6, 6.07) is 6.80. The van der Waals surface area contributed by atoms with Crippen molar-refractivity contribution in [1.29, 1.82) is 0 Å². The number of pyridine rings is 1. The SMILES string of the molecule is CCCCCCCCCCCCCCCCCCc1cccc[n+]1CCCCCCCCCCC. The summed E-state index contributed by atoms with van der Waals surface area (Å²) in [7, 11) is 0. The van der Waals surface area contributed by atoms with Crippen LogP contribution in [-0.2, 0) is 13.0 Å². The Balaban J connectivity index is 1.92. The highest BCUT2D eigenvalue weighted by molar-refractivity contribution is 4.97. The van der Waals surface area contributed by atoms with Crippen LogP contribution in [0.3, 0.4) is 0 Å². The number of aryl methyl sites for hydroxylation is 2. The Hall–Kier alpha value is -0.850. The summed E-state index contributed by atoms with van der Waals surface area (Å²) < 4.78 is 2.53. The molecule has 1 heteroatoms. The molecule has 0 spiro atoms. The highest BCUT2D eigenvalue weighted by Gasteiger charge is 2.08. The molecule has 1 rings (SSSR count). The Labute approximate surface area is 221 Å². The van der Waals surface area contributed by atoms with E-state index in [1.807, 2.05) is 0 Å². The maximum atomic E-state index is 2.53. The van der Waals surface area contributed by atoms with Crippen LogP contribution in [0.25, 0.3) is 0 Å². The highest BCUT2D eigenvalue weighted by Crippen LogP contribution is 2.14. The van der Waals surface area contributed by atoms with Gasteiger partial charge in [0.05, 0.1) is 0 Å². The molecule has 0 bridgehead atoms. The van der Waals surface area contributed by atoms with Gasteiger partial charge in [0.25, 0.3) is 0 Å².